The minimum absolute atomic E-state index is 0.00264. The lowest BCUT2D eigenvalue weighted by molar-refractivity contribution is -0.149. The smallest absolute Gasteiger partial charge is 0.247 e. The number of thiophene rings is 1. The molecule has 3 aromatic heterocycles. The number of nitrogens with zero attached hydrogens (tertiary/aromatic N) is 6. The number of amides is 16. The van der Waals surface area contributed by atoms with Crippen LogP contribution in [0.1, 0.15) is 147 Å². The number of primary amides is 2. The molecule has 744 valence electrons. The molecule has 0 bridgehead atoms. The van der Waals surface area contributed by atoms with Crippen LogP contribution in [0.4, 0.5) is 0 Å². The van der Waals surface area contributed by atoms with Crippen LogP contribution in [0.15, 0.2) is 96.9 Å². The van der Waals surface area contributed by atoms with Gasteiger partial charge in [0.2, 0.25) is 94.5 Å². The molecule has 45 heteroatoms. The number of likely N-dealkylation sites (N-methyl/N-ethyl adjacent to an activating group) is 3. The fraction of sp³-hybridized carbons (Fsp3) is 0.533. The molecule has 3 aliphatic rings. The fourth-order valence-corrected chi connectivity index (χ4v) is 18.8. The van der Waals surface area contributed by atoms with Gasteiger partial charge in [0.15, 0.2) is 17.9 Å². The number of fused-ring (bicyclic) bond motifs is 4. The van der Waals surface area contributed by atoms with Crippen molar-refractivity contribution in [2.45, 2.75) is 241 Å². The predicted molar refractivity (Wildman–Crippen MR) is 508 cm³/mol. The zero-order valence-electron chi connectivity index (χ0n) is 78.2. The number of phenolic OH excluding ortho intramolecular Hbond substituents is 1. The van der Waals surface area contributed by atoms with Gasteiger partial charge in [0.25, 0.3) is 0 Å². The highest BCUT2D eigenvalue weighted by Crippen LogP contribution is 2.32. The van der Waals surface area contributed by atoms with Crippen molar-refractivity contribution in [3.05, 3.63) is 119 Å². The molecule has 137 heavy (non-hydrogen) atoms. The third-order valence-corrected chi connectivity index (χ3v) is 26.6. The number of rotatable bonds is 27. The Hall–Kier alpha value is -13.1. The Morgan fingerprint density at radius 2 is 1.23 bits per heavy atom. The van der Waals surface area contributed by atoms with Crippen molar-refractivity contribution in [3.8, 4) is 5.75 Å². The number of phenols is 1. The molecule has 2 unspecified atom stereocenters. The van der Waals surface area contributed by atoms with Crippen LogP contribution in [0, 0.1) is 11.3 Å². The molecular weight excluding hydrogens is 1810 g/mol. The number of H-pyrrole nitrogens is 2. The van der Waals surface area contributed by atoms with Crippen LogP contribution >= 0.6 is 23.1 Å². The minimum Gasteiger partial charge on any atom is -0.508 e. The number of guanidine groups is 1. The van der Waals surface area contributed by atoms with Gasteiger partial charge in [-0.2, -0.15) is 11.8 Å². The number of thioether (sulfide) groups is 1. The number of aliphatic hydroxyl groups is 2. The number of para-hydroxylation sites is 1. The maximum atomic E-state index is 15.8. The normalized spacial score (nSPS) is 25.1. The highest BCUT2D eigenvalue weighted by molar-refractivity contribution is 7.99. The van der Waals surface area contributed by atoms with Gasteiger partial charge in [0, 0.05) is 100 Å². The van der Waals surface area contributed by atoms with E-state index >= 15 is 33.6 Å². The summed E-state index contributed by atoms with van der Waals surface area (Å²) in [6.07, 6.45) is 1.89. The zero-order chi connectivity index (χ0) is 100. The third-order valence-electron chi connectivity index (χ3n) is 24.6. The summed E-state index contributed by atoms with van der Waals surface area (Å²) in [5, 5.41) is 74.0. The quantitative estimate of drug-likeness (QED) is 0.0117. The van der Waals surface area contributed by atoms with Gasteiger partial charge in [-0.15, -0.1) is 11.3 Å². The molecule has 0 radical (unpaired) electrons. The van der Waals surface area contributed by atoms with E-state index < -0.39 is 235 Å². The summed E-state index contributed by atoms with van der Waals surface area (Å²) in [6, 6.07) is -0.340. The Kier molecular flexibility index (Phi) is 40.1. The number of imidazole rings is 1. The number of aromatic hydroxyl groups is 1. The molecule has 23 N–H and O–H groups in total. The Morgan fingerprint density at radius 3 is 1.90 bits per heavy atom. The second-order valence-electron chi connectivity index (χ2n) is 35.3. The first-order chi connectivity index (χ1) is 65.3. The summed E-state index contributed by atoms with van der Waals surface area (Å²) in [4.78, 5) is 266. The van der Waals surface area contributed by atoms with Crippen LogP contribution in [0.3, 0.4) is 0 Å². The highest BCUT2D eigenvalue weighted by atomic mass is 32.2. The van der Waals surface area contributed by atoms with E-state index in [0.717, 1.165) is 41.0 Å². The summed E-state index contributed by atoms with van der Waals surface area (Å²) >= 11 is 2.28. The van der Waals surface area contributed by atoms with Gasteiger partial charge in [-0.1, -0.05) is 102 Å². The molecule has 3 fully saturated rings. The molecule has 3 saturated heterocycles. The first-order valence-corrected chi connectivity index (χ1v) is 47.9. The minimum atomic E-state index is -2.32. The monoisotopic (exact) mass is 1940 g/mol. The van der Waals surface area contributed by atoms with Crippen molar-refractivity contribution in [1.29, 1.82) is 5.41 Å². The van der Waals surface area contributed by atoms with Crippen LogP contribution in [0.25, 0.3) is 21.0 Å². The first kappa shape index (κ1) is 108. The maximum absolute atomic E-state index is 15.8. The van der Waals surface area contributed by atoms with Gasteiger partial charge >= 0.3 is 0 Å². The third kappa shape index (κ3) is 29.7. The largest absolute Gasteiger partial charge is 0.508 e. The average molecular weight is 1940 g/mol. The number of unbranched alkanes of at least 4 members (excludes halogenated alkanes) is 2. The molecule has 43 nitrogen and oxygen atoms in total. The molecule has 0 spiro atoms. The van der Waals surface area contributed by atoms with E-state index in [0.29, 0.717) is 70.6 Å². The highest BCUT2D eigenvalue weighted by Gasteiger charge is 2.53. The van der Waals surface area contributed by atoms with Gasteiger partial charge < -0.3 is 120 Å². The number of aromatic amines is 2. The molecule has 6 heterocycles. The first-order valence-electron chi connectivity index (χ1n) is 45.9. The van der Waals surface area contributed by atoms with E-state index in [1.54, 1.807) is 55.8 Å². The van der Waals surface area contributed by atoms with Crippen molar-refractivity contribution in [3.63, 3.8) is 0 Å². The van der Waals surface area contributed by atoms with Gasteiger partial charge in [0.1, 0.15) is 78.3 Å². The van der Waals surface area contributed by atoms with Crippen molar-refractivity contribution in [2.24, 2.45) is 23.1 Å². The average Bonchev–Trinajstić information content (AvgIpc) is 1.63. The van der Waals surface area contributed by atoms with E-state index in [-0.39, 0.29) is 102 Å². The Labute approximate surface area is 800 Å². The number of aliphatic hydroxyl groups excluding tert-OH is 2. The summed E-state index contributed by atoms with van der Waals surface area (Å²) in [5.74, 6) is -16.4. The molecule has 3 aromatic carbocycles. The van der Waals surface area contributed by atoms with Crippen LogP contribution in [0.5, 0.6) is 5.75 Å². The van der Waals surface area contributed by atoms with Crippen LogP contribution in [0.2, 0.25) is 0 Å². The second-order valence-corrected chi connectivity index (χ2v) is 37.3. The van der Waals surface area contributed by atoms with Crippen molar-refractivity contribution in [2.75, 3.05) is 65.4 Å². The number of nitrogens with two attached hydrogens (primary N) is 3. The lowest BCUT2D eigenvalue weighted by Gasteiger charge is -2.39. The van der Waals surface area contributed by atoms with E-state index in [9.17, 15) is 63.3 Å². The zero-order valence-corrected chi connectivity index (χ0v) is 79.8. The van der Waals surface area contributed by atoms with Gasteiger partial charge in [-0.25, -0.2) is 4.98 Å². The topological polar surface area (TPSA) is 646 Å². The molecule has 16 amide bonds. The van der Waals surface area contributed by atoms with Crippen LogP contribution in [-0.4, -0.2) is 317 Å². The molecule has 0 aliphatic carbocycles. The Bertz CT molecular complexity index is 5270. The fourth-order valence-electron chi connectivity index (χ4n) is 17.1. The number of carbonyl (C=O) groups excluding carboxylic acids is 17. The Balaban J connectivity index is 1.11. The lowest BCUT2D eigenvalue weighted by Crippen LogP contribution is -2.67. The number of hydrogen-bond acceptors (Lipinski definition) is 25. The standard InChI is InChI=1S/C92H129N23O20S2/c1-9-11-23-71-84(129)104-62(22-17-32-98-91(95)96)80(125)103-63(79(124)100-44-76(94)121)31-34-136-48-77(122)102-67(36-53-27-29-57(118)30-28-53)86(131)111(6)52(5)78(123)106-69(40-75(93)120)88(133)114-33-18-25-72(114)85(130)105-64(39-56-43-97-50-101-56)81(126)107-66(35-51(3)4)89(134)115-45-58(119)41-92(115,49-117)110-65(37-54-42-99-61-21-15-13-19-59(54)61)82(127)109-70(46-116)83(128)108-68(38-55-47-137-74-26-16-14-20-60(55)74)87(132)113(8)73(24-12-10-2)90(135)112(71)7/h13-16,19-21,26-30,42-43,47,49-52,58,62-73,99,110,116,118-119H,9-12,17-18,22-25,31-41,44-46,48H2,1-8H3,(H2,93,120)(H2,94,121)(H,97,101)(H,100,124)(H,102,122)(H,103,125)(H,104,129)(H,105,130)(H,106,123)(H,107,126)(H,108,128)(H,109,127)(H4,95,96,98)/t52-,58+,62-,63?,64-,65-,66-,67-,68-,69-,70-,71-,72-,73-,92?/m0/s1. The predicted octanol–water partition coefficient (Wildman–Crippen LogP) is -1.81. The van der Waals surface area contributed by atoms with Gasteiger partial charge in [0.05, 0.1) is 43.8 Å². The summed E-state index contributed by atoms with van der Waals surface area (Å²) in [6.45, 7) is 5.95. The molecule has 15 atom stereocenters. The summed E-state index contributed by atoms with van der Waals surface area (Å²) < 4.78 is 0.808. The summed E-state index contributed by atoms with van der Waals surface area (Å²) in [5.41, 5.74) is 16.9. The van der Waals surface area contributed by atoms with Crippen molar-refractivity contribution in [1.82, 2.24) is 97.9 Å². The number of aromatic nitrogens is 3. The molecular formula is C92H129N23O20S2. The number of carbonyl (C=O) groups is 17. The van der Waals surface area contributed by atoms with Crippen LogP contribution < -0.4 is 75.7 Å². The molecule has 6 aromatic rings. The SMILES string of the molecule is CCCC[C@H]1C(=O)N(C)[C@@H](CCCC)C(=O)N[C@@H](CCCNC(=N)N)C(=O)NC(C(=O)NCC(N)=O)CCSCC(=O)N[C@@H](Cc2ccc(O)cc2)C(=O)N(C)[C@@H](C)C(=O)N[C@@H](CC(N)=O)C(=O)N2CCC[C@H]2C(=O)N[C@@H](Cc2cnc[nH]2)C(=O)N[C@@H](CC(C)C)C(=O)N2C[C@H](O)CC2(C=O)N[C@@H](Cc2c[nH]c3ccccc23)C(=O)N[C@@H](CO)C(=O)N[C@@H](Cc2csc3ccccc23)C(=O)N1C. The van der Waals surface area contributed by atoms with E-state index in [1.807, 2.05) is 32.0 Å². The Morgan fingerprint density at radius 1 is 0.620 bits per heavy atom. The number of aldehydes is 1. The van der Waals surface area contributed by atoms with E-state index in [2.05, 4.69) is 73.4 Å². The van der Waals surface area contributed by atoms with Gasteiger partial charge in [-0.3, -0.25) is 92.2 Å². The maximum Gasteiger partial charge on any atom is 0.247 e. The summed E-state index contributed by atoms with van der Waals surface area (Å²) in [7, 11) is 3.95. The second kappa shape index (κ2) is 51.2. The van der Waals surface area contributed by atoms with Gasteiger partial charge in [-0.05, 0) is 128 Å². The molecule has 9 rings (SSSR count). The lowest BCUT2D eigenvalue weighted by atomic mass is 9.98. The van der Waals surface area contributed by atoms with E-state index in [1.165, 1.54) is 76.2 Å². The van der Waals surface area contributed by atoms with Crippen molar-refractivity contribution >= 4 is 151 Å². The number of nitrogens with one attached hydrogen (secondary N) is 14. The number of benzene rings is 3. The molecule has 3 aliphatic heterocycles. The van der Waals surface area contributed by atoms with Crippen LogP contribution in [-0.2, 0) is 107 Å². The van der Waals surface area contributed by atoms with E-state index in [4.69, 9.17) is 22.6 Å². The number of hydrogen-bond donors (Lipinski definition) is 20. The molecule has 0 saturated carbocycles. The van der Waals surface area contributed by atoms with Crippen molar-refractivity contribution < 1.29 is 96.8 Å².